The van der Waals surface area contributed by atoms with E-state index in [-0.39, 0.29) is 0 Å². The first-order chi connectivity index (χ1) is 10.3. The van der Waals surface area contributed by atoms with Gasteiger partial charge >= 0.3 is 0 Å². The van der Waals surface area contributed by atoms with Gasteiger partial charge in [-0.1, -0.05) is 40.0 Å². The standard InChI is InChI=1S/C21H39N/c1-15-12-16(2)19(17(3)13-15)22-18(4)21(14-20(22,5)6)10-8-7-9-11-21/h15-19H,7-14H2,1-6H3/t15-,16-,17?,18?,19+/m1/s1. The molecule has 2 aliphatic carbocycles. The first-order valence-corrected chi connectivity index (χ1v) is 10.1. The van der Waals surface area contributed by atoms with Crippen molar-refractivity contribution in [2.75, 3.05) is 0 Å². The number of hydrogen-bond donors (Lipinski definition) is 0. The third-order valence-corrected chi connectivity index (χ3v) is 7.67. The van der Waals surface area contributed by atoms with Gasteiger partial charge in [0.15, 0.2) is 0 Å². The summed E-state index contributed by atoms with van der Waals surface area (Å²) in [6.45, 7) is 15.2. The number of nitrogens with zero attached hydrogens (tertiary/aromatic N) is 1. The summed E-state index contributed by atoms with van der Waals surface area (Å²) in [6, 6.07) is 1.59. The summed E-state index contributed by atoms with van der Waals surface area (Å²) in [5.41, 5.74) is 1.02. The molecule has 22 heavy (non-hydrogen) atoms. The Morgan fingerprint density at radius 3 is 1.91 bits per heavy atom. The molecule has 3 fully saturated rings. The lowest BCUT2D eigenvalue weighted by Gasteiger charge is -2.51. The van der Waals surface area contributed by atoms with Gasteiger partial charge in [0.1, 0.15) is 0 Å². The summed E-state index contributed by atoms with van der Waals surface area (Å²) < 4.78 is 0. The van der Waals surface area contributed by atoms with Crippen molar-refractivity contribution in [3.63, 3.8) is 0 Å². The smallest absolute Gasteiger partial charge is 0.0165 e. The fourth-order valence-electron chi connectivity index (χ4n) is 7.19. The van der Waals surface area contributed by atoms with Crippen LogP contribution in [0.1, 0.15) is 92.9 Å². The molecule has 3 rings (SSSR count). The maximum Gasteiger partial charge on any atom is 0.0165 e. The first-order valence-electron chi connectivity index (χ1n) is 10.1. The second kappa shape index (κ2) is 5.80. The molecule has 0 aromatic rings. The third kappa shape index (κ3) is 2.66. The summed E-state index contributed by atoms with van der Waals surface area (Å²) in [7, 11) is 0. The molecule has 0 N–H and O–H groups in total. The van der Waals surface area contributed by atoms with E-state index in [1.165, 1.54) is 51.4 Å². The molecule has 1 spiro atoms. The van der Waals surface area contributed by atoms with E-state index in [4.69, 9.17) is 0 Å². The van der Waals surface area contributed by atoms with Gasteiger partial charge in [-0.05, 0) is 76.0 Å². The van der Waals surface area contributed by atoms with Crippen molar-refractivity contribution in [3.8, 4) is 0 Å². The number of hydrogen-bond acceptors (Lipinski definition) is 1. The van der Waals surface area contributed by atoms with Crippen LogP contribution in [-0.4, -0.2) is 22.5 Å². The molecule has 0 aromatic carbocycles. The van der Waals surface area contributed by atoms with Crippen LogP contribution in [0.25, 0.3) is 0 Å². The molecule has 128 valence electrons. The van der Waals surface area contributed by atoms with Crippen LogP contribution in [0.3, 0.4) is 0 Å². The molecule has 2 saturated carbocycles. The van der Waals surface area contributed by atoms with Gasteiger partial charge in [-0.3, -0.25) is 4.90 Å². The number of rotatable bonds is 1. The lowest BCUT2D eigenvalue weighted by atomic mass is 9.67. The van der Waals surface area contributed by atoms with Gasteiger partial charge in [0.05, 0.1) is 0 Å². The van der Waals surface area contributed by atoms with E-state index >= 15 is 0 Å². The lowest BCUT2D eigenvalue weighted by molar-refractivity contribution is -0.0224. The molecule has 1 saturated heterocycles. The second-order valence-electron chi connectivity index (χ2n) is 10.0. The molecular weight excluding hydrogens is 266 g/mol. The molecule has 0 bridgehead atoms. The monoisotopic (exact) mass is 305 g/mol. The molecule has 1 aliphatic heterocycles. The Kier molecular flexibility index (Phi) is 4.43. The molecule has 1 nitrogen and oxygen atoms in total. The average Bonchev–Trinajstić information content (AvgIpc) is 2.59. The van der Waals surface area contributed by atoms with Gasteiger partial charge in [0.2, 0.25) is 0 Å². The van der Waals surface area contributed by atoms with E-state index < -0.39 is 0 Å². The largest absolute Gasteiger partial charge is 0.291 e. The molecule has 0 radical (unpaired) electrons. The van der Waals surface area contributed by atoms with Crippen LogP contribution in [0.5, 0.6) is 0 Å². The summed E-state index contributed by atoms with van der Waals surface area (Å²) in [5.74, 6) is 2.64. The third-order valence-electron chi connectivity index (χ3n) is 7.67. The Morgan fingerprint density at radius 1 is 0.818 bits per heavy atom. The van der Waals surface area contributed by atoms with Crippen LogP contribution in [0.2, 0.25) is 0 Å². The van der Waals surface area contributed by atoms with Crippen LogP contribution in [0.15, 0.2) is 0 Å². The highest BCUT2D eigenvalue weighted by Gasteiger charge is 2.56. The summed E-state index contributed by atoms with van der Waals surface area (Å²) >= 11 is 0. The predicted octanol–water partition coefficient (Wildman–Crippen LogP) is 5.88. The molecule has 0 amide bonds. The van der Waals surface area contributed by atoms with Gasteiger partial charge in [0, 0.05) is 17.6 Å². The minimum absolute atomic E-state index is 0.393. The van der Waals surface area contributed by atoms with Crippen molar-refractivity contribution in [1.29, 1.82) is 0 Å². The molecule has 3 aliphatic rings. The summed E-state index contributed by atoms with van der Waals surface area (Å²) in [6.07, 6.45) is 11.7. The zero-order valence-corrected chi connectivity index (χ0v) is 16.0. The van der Waals surface area contributed by atoms with E-state index in [1.54, 1.807) is 0 Å². The van der Waals surface area contributed by atoms with Crippen molar-refractivity contribution in [1.82, 2.24) is 4.90 Å². The van der Waals surface area contributed by atoms with Gasteiger partial charge in [-0.2, -0.15) is 0 Å². The Morgan fingerprint density at radius 2 is 1.36 bits per heavy atom. The fourth-order valence-corrected chi connectivity index (χ4v) is 7.19. The van der Waals surface area contributed by atoms with E-state index in [9.17, 15) is 0 Å². The number of likely N-dealkylation sites (tertiary alicyclic amines) is 1. The van der Waals surface area contributed by atoms with E-state index in [0.717, 1.165) is 29.8 Å². The zero-order valence-electron chi connectivity index (χ0n) is 16.0. The molecule has 5 atom stereocenters. The van der Waals surface area contributed by atoms with Gasteiger partial charge < -0.3 is 0 Å². The maximum absolute atomic E-state index is 3.01. The minimum Gasteiger partial charge on any atom is -0.291 e. The Balaban J connectivity index is 1.88. The normalized spacial score (nSPS) is 45.3. The van der Waals surface area contributed by atoms with Gasteiger partial charge in [-0.15, -0.1) is 0 Å². The predicted molar refractivity (Wildman–Crippen MR) is 96.0 cm³/mol. The molecule has 1 heteroatoms. The lowest BCUT2D eigenvalue weighted by Crippen LogP contribution is -2.56. The van der Waals surface area contributed by atoms with E-state index in [1.807, 2.05) is 0 Å². The van der Waals surface area contributed by atoms with Crippen molar-refractivity contribution in [2.24, 2.45) is 23.2 Å². The minimum atomic E-state index is 0.393. The van der Waals surface area contributed by atoms with Gasteiger partial charge in [-0.25, -0.2) is 0 Å². The summed E-state index contributed by atoms with van der Waals surface area (Å²) in [5, 5.41) is 0. The van der Waals surface area contributed by atoms with Crippen molar-refractivity contribution >= 4 is 0 Å². The second-order valence-corrected chi connectivity index (χ2v) is 10.0. The van der Waals surface area contributed by atoms with Crippen LogP contribution in [-0.2, 0) is 0 Å². The zero-order chi connectivity index (χ0) is 16.1. The Bertz CT molecular complexity index is 381. The average molecular weight is 306 g/mol. The van der Waals surface area contributed by atoms with Gasteiger partial charge in [0.25, 0.3) is 0 Å². The topological polar surface area (TPSA) is 3.24 Å². The van der Waals surface area contributed by atoms with E-state index in [2.05, 4.69) is 46.4 Å². The summed E-state index contributed by atoms with van der Waals surface area (Å²) in [4.78, 5) is 3.01. The van der Waals surface area contributed by atoms with Crippen molar-refractivity contribution < 1.29 is 0 Å². The molecule has 0 aromatic heterocycles. The van der Waals surface area contributed by atoms with Crippen molar-refractivity contribution in [3.05, 3.63) is 0 Å². The fraction of sp³-hybridized carbons (Fsp3) is 1.00. The van der Waals surface area contributed by atoms with Crippen LogP contribution >= 0.6 is 0 Å². The highest BCUT2D eigenvalue weighted by molar-refractivity contribution is 5.10. The molecule has 1 heterocycles. The van der Waals surface area contributed by atoms with Crippen LogP contribution in [0, 0.1) is 23.2 Å². The highest BCUT2D eigenvalue weighted by Crippen LogP contribution is 2.56. The van der Waals surface area contributed by atoms with Crippen molar-refractivity contribution in [2.45, 2.75) is 111 Å². The highest BCUT2D eigenvalue weighted by atomic mass is 15.3. The maximum atomic E-state index is 3.01. The SMILES string of the molecule is CC1C[C@H](C)C[C@@H](C)[C@@H]1N1C(C)C2(CCCCC2)CC1(C)C. The molecule has 2 unspecified atom stereocenters. The quantitative estimate of drug-likeness (QED) is 0.584. The molecular formula is C21H39N. The van der Waals surface area contributed by atoms with E-state index in [0.29, 0.717) is 11.0 Å². The first kappa shape index (κ1) is 16.8. The van der Waals surface area contributed by atoms with Crippen LogP contribution < -0.4 is 0 Å². The Hall–Kier alpha value is -0.0400. The van der Waals surface area contributed by atoms with Crippen LogP contribution in [0.4, 0.5) is 0 Å². The Labute approximate surface area is 139 Å².